The van der Waals surface area contributed by atoms with Crippen LogP contribution in [0.15, 0.2) is 41.1 Å². The van der Waals surface area contributed by atoms with Gasteiger partial charge in [-0.2, -0.15) is 0 Å². The summed E-state index contributed by atoms with van der Waals surface area (Å²) in [5.74, 6) is -0.670. The van der Waals surface area contributed by atoms with Gasteiger partial charge in [0.1, 0.15) is 0 Å². The average molecular weight is 254 g/mol. The largest absolute Gasteiger partial charge is 0.476 e. The highest BCUT2D eigenvalue weighted by Gasteiger charge is 2.12. The molecule has 19 heavy (non-hydrogen) atoms. The molecule has 0 fully saturated rings. The molecule has 3 aromatic rings. The first kappa shape index (κ1) is 11.4. The Kier molecular flexibility index (Phi) is 2.52. The number of hydrogen-bond acceptors (Lipinski definition) is 4. The lowest BCUT2D eigenvalue weighted by atomic mass is 10.1. The van der Waals surface area contributed by atoms with E-state index >= 15 is 0 Å². The van der Waals surface area contributed by atoms with Crippen molar-refractivity contribution in [3.63, 3.8) is 0 Å². The first-order valence-corrected chi connectivity index (χ1v) is 5.71. The molecule has 0 saturated heterocycles. The minimum absolute atomic E-state index is 0.0991. The van der Waals surface area contributed by atoms with Crippen LogP contribution in [0.4, 0.5) is 0 Å². The molecule has 0 saturated carbocycles. The third-order valence-corrected chi connectivity index (χ3v) is 2.98. The SMILES string of the molecule is Cc1nccc2ccc(-c3cc(C(=O)O)no3)cc12. The van der Waals surface area contributed by atoms with Gasteiger partial charge in [0.15, 0.2) is 11.5 Å². The summed E-state index contributed by atoms with van der Waals surface area (Å²) < 4.78 is 5.05. The van der Waals surface area contributed by atoms with Crippen molar-refractivity contribution >= 4 is 16.7 Å². The van der Waals surface area contributed by atoms with E-state index in [1.807, 2.05) is 31.2 Å². The maximum atomic E-state index is 10.8. The summed E-state index contributed by atoms with van der Waals surface area (Å²) in [7, 11) is 0. The number of aromatic nitrogens is 2. The predicted octanol–water partition coefficient (Wildman–Crippen LogP) is 2.90. The monoisotopic (exact) mass is 254 g/mol. The number of fused-ring (bicyclic) bond motifs is 1. The van der Waals surface area contributed by atoms with Crippen LogP contribution in [0.1, 0.15) is 16.2 Å². The van der Waals surface area contributed by atoms with Crippen molar-refractivity contribution in [2.24, 2.45) is 0 Å². The first-order chi connectivity index (χ1) is 9.15. The number of pyridine rings is 1. The zero-order valence-electron chi connectivity index (χ0n) is 10.1. The summed E-state index contributed by atoms with van der Waals surface area (Å²) in [6, 6.07) is 9.07. The van der Waals surface area contributed by atoms with Crippen molar-refractivity contribution in [3.8, 4) is 11.3 Å². The molecule has 0 bridgehead atoms. The van der Waals surface area contributed by atoms with Gasteiger partial charge >= 0.3 is 5.97 Å². The molecule has 1 aromatic carbocycles. The van der Waals surface area contributed by atoms with Crippen LogP contribution >= 0.6 is 0 Å². The molecule has 0 aliphatic carbocycles. The predicted molar refractivity (Wildman–Crippen MR) is 68.9 cm³/mol. The second kappa shape index (κ2) is 4.20. The number of carboxylic acid groups (broad SMARTS) is 1. The fourth-order valence-corrected chi connectivity index (χ4v) is 1.98. The molecule has 3 rings (SSSR count). The van der Waals surface area contributed by atoms with Crippen LogP contribution < -0.4 is 0 Å². The first-order valence-electron chi connectivity index (χ1n) is 5.71. The lowest BCUT2D eigenvalue weighted by Crippen LogP contribution is -1.94. The van der Waals surface area contributed by atoms with E-state index in [4.69, 9.17) is 9.63 Å². The molecule has 2 aromatic heterocycles. The van der Waals surface area contributed by atoms with E-state index in [2.05, 4.69) is 10.1 Å². The highest BCUT2D eigenvalue weighted by Crippen LogP contribution is 2.26. The molecule has 0 amide bonds. The number of nitrogens with zero attached hydrogens (tertiary/aromatic N) is 2. The number of carboxylic acids is 1. The fraction of sp³-hybridized carbons (Fsp3) is 0.0714. The van der Waals surface area contributed by atoms with Gasteiger partial charge in [0.05, 0.1) is 0 Å². The van der Waals surface area contributed by atoms with E-state index in [-0.39, 0.29) is 5.69 Å². The number of hydrogen-bond donors (Lipinski definition) is 1. The lowest BCUT2D eigenvalue weighted by Gasteiger charge is -2.02. The Balaban J connectivity index is 2.14. The Morgan fingerprint density at radius 1 is 1.26 bits per heavy atom. The van der Waals surface area contributed by atoms with Gasteiger partial charge in [0.25, 0.3) is 0 Å². The van der Waals surface area contributed by atoms with E-state index in [1.54, 1.807) is 6.20 Å². The molecule has 5 heteroatoms. The summed E-state index contributed by atoms with van der Waals surface area (Å²) >= 11 is 0. The number of rotatable bonds is 2. The van der Waals surface area contributed by atoms with Crippen LogP contribution in [-0.4, -0.2) is 21.2 Å². The molecule has 0 atom stereocenters. The van der Waals surface area contributed by atoms with Crippen molar-refractivity contribution in [1.82, 2.24) is 10.1 Å². The molecule has 0 unspecified atom stereocenters. The van der Waals surface area contributed by atoms with Crippen molar-refractivity contribution in [1.29, 1.82) is 0 Å². The maximum Gasteiger partial charge on any atom is 0.358 e. The van der Waals surface area contributed by atoms with E-state index in [9.17, 15) is 4.79 Å². The van der Waals surface area contributed by atoms with Gasteiger partial charge in [-0.05, 0) is 24.4 Å². The molecular formula is C14H10N2O3. The Labute approximate surface area is 108 Å². The summed E-state index contributed by atoms with van der Waals surface area (Å²) in [4.78, 5) is 15.0. The van der Waals surface area contributed by atoms with E-state index in [0.29, 0.717) is 5.76 Å². The zero-order valence-corrected chi connectivity index (χ0v) is 10.1. The third kappa shape index (κ3) is 1.95. The van der Waals surface area contributed by atoms with Crippen LogP contribution in [0.2, 0.25) is 0 Å². The summed E-state index contributed by atoms with van der Waals surface area (Å²) in [5, 5.41) is 14.4. The molecule has 0 aliphatic heterocycles. The Morgan fingerprint density at radius 2 is 2.11 bits per heavy atom. The topological polar surface area (TPSA) is 76.2 Å². The highest BCUT2D eigenvalue weighted by atomic mass is 16.5. The summed E-state index contributed by atoms with van der Waals surface area (Å²) in [6.45, 7) is 1.93. The maximum absolute atomic E-state index is 10.8. The van der Waals surface area contributed by atoms with Crippen molar-refractivity contribution < 1.29 is 14.4 Å². The standard InChI is InChI=1S/C14H10N2O3/c1-8-11-6-10(3-2-9(11)4-5-15-8)13-7-12(14(17)18)16-19-13/h2-7H,1H3,(H,17,18). The van der Waals surface area contributed by atoms with E-state index in [1.165, 1.54) is 6.07 Å². The Morgan fingerprint density at radius 3 is 2.84 bits per heavy atom. The van der Waals surface area contributed by atoms with Gasteiger partial charge in [-0.3, -0.25) is 4.98 Å². The summed E-state index contributed by atoms with van der Waals surface area (Å²) in [6.07, 6.45) is 1.76. The van der Waals surface area contributed by atoms with Crippen LogP contribution in [0.5, 0.6) is 0 Å². The molecule has 94 valence electrons. The third-order valence-electron chi connectivity index (χ3n) is 2.98. The Hall–Kier alpha value is -2.69. The smallest absolute Gasteiger partial charge is 0.358 e. The molecule has 0 aliphatic rings. The Bertz CT molecular complexity index is 777. The minimum Gasteiger partial charge on any atom is -0.476 e. The molecule has 0 radical (unpaired) electrons. The van der Waals surface area contributed by atoms with Gasteiger partial charge in [-0.1, -0.05) is 17.3 Å². The molecule has 2 heterocycles. The molecular weight excluding hydrogens is 244 g/mol. The molecule has 5 nitrogen and oxygen atoms in total. The van der Waals surface area contributed by atoms with Crippen LogP contribution in [0.3, 0.4) is 0 Å². The van der Waals surface area contributed by atoms with Gasteiger partial charge in [-0.25, -0.2) is 4.79 Å². The van der Waals surface area contributed by atoms with Gasteiger partial charge in [0, 0.05) is 28.9 Å². The fourth-order valence-electron chi connectivity index (χ4n) is 1.98. The normalized spacial score (nSPS) is 10.8. The lowest BCUT2D eigenvalue weighted by molar-refractivity contribution is 0.0686. The summed E-state index contributed by atoms with van der Waals surface area (Å²) in [5.41, 5.74) is 1.60. The molecule has 0 spiro atoms. The number of benzene rings is 1. The molecule has 1 N–H and O–H groups in total. The van der Waals surface area contributed by atoms with Gasteiger partial charge in [0.2, 0.25) is 0 Å². The average Bonchev–Trinajstić information content (AvgIpc) is 2.89. The number of carbonyl (C=O) groups is 1. The van der Waals surface area contributed by atoms with Crippen molar-refractivity contribution in [3.05, 3.63) is 47.9 Å². The van der Waals surface area contributed by atoms with Crippen LogP contribution in [0.25, 0.3) is 22.1 Å². The number of aryl methyl sites for hydroxylation is 1. The quantitative estimate of drug-likeness (QED) is 0.760. The van der Waals surface area contributed by atoms with Crippen molar-refractivity contribution in [2.45, 2.75) is 6.92 Å². The van der Waals surface area contributed by atoms with E-state index < -0.39 is 5.97 Å². The second-order valence-electron chi connectivity index (χ2n) is 4.21. The van der Waals surface area contributed by atoms with Crippen LogP contribution in [0, 0.1) is 6.92 Å². The van der Waals surface area contributed by atoms with E-state index in [0.717, 1.165) is 22.0 Å². The van der Waals surface area contributed by atoms with Gasteiger partial charge < -0.3 is 9.63 Å². The second-order valence-corrected chi connectivity index (χ2v) is 4.21. The minimum atomic E-state index is -1.10. The van der Waals surface area contributed by atoms with Gasteiger partial charge in [-0.15, -0.1) is 0 Å². The number of aromatic carboxylic acids is 1. The van der Waals surface area contributed by atoms with Crippen LogP contribution in [-0.2, 0) is 0 Å². The van der Waals surface area contributed by atoms with Crippen molar-refractivity contribution in [2.75, 3.05) is 0 Å². The highest BCUT2D eigenvalue weighted by molar-refractivity contribution is 5.89. The zero-order chi connectivity index (χ0) is 13.4.